The summed E-state index contributed by atoms with van der Waals surface area (Å²) in [5.74, 6) is 0. The van der Waals surface area contributed by atoms with E-state index < -0.39 is 0 Å². The normalized spacial score (nSPS) is 12.6. The van der Waals surface area contributed by atoms with Crippen molar-refractivity contribution < 1.29 is 0 Å². The van der Waals surface area contributed by atoms with Crippen molar-refractivity contribution in [2.45, 2.75) is 39.8 Å². The van der Waals surface area contributed by atoms with Crippen molar-refractivity contribution in [3.63, 3.8) is 0 Å². The van der Waals surface area contributed by atoms with Gasteiger partial charge in [-0.2, -0.15) is 0 Å². The van der Waals surface area contributed by atoms with Gasteiger partial charge in [-0.05, 0) is 38.3 Å². The van der Waals surface area contributed by atoms with Crippen LogP contribution in [0.1, 0.15) is 27.9 Å². The van der Waals surface area contributed by atoms with Crippen molar-refractivity contribution in [1.29, 1.82) is 0 Å². The minimum atomic E-state index is 0.480. The van der Waals surface area contributed by atoms with Crippen molar-refractivity contribution in [2.24, 2.45) is 0 Å². The smallest absolute Gasteiger partial charge is 0.0897 e. The van der Waals surface area contributed by atoms with E-state index in [0.717, 1.165) is 18.0 Å². The van der Waals surface area contributed by atoms with Crippen LogP contribution in [0.3, 0.4) is 0 Å². The molecule has 96 valence electrons. The number of hydrogen-bond acceptors (Lipinski definition) is 3. The van der Waals surface area contributed by atoms with Crippen LogP contribution >= 0.6 is 11.3 Å². The second kappa shape index (κ2) is 6.12. The Labute approximate surface area is 113 Å². The van der Waals surface area contributed by atoms with Gasteiger partial charge in [0.1, 0.15) is 0 Å². The Morgan fingerprint density at radius 3 is 2.72 bits per heavy atom. The Morgan fingerprint density at radius 1 is 1.28 bits per heavy atom. The number of nitrogens with one attached hydrogen (secondary N) is 1. The molecule has 2 rings (SSSR count). The number of aromatic nitrogens is 1. The highest BCUT2D eigenvalue weighted by Crippen LogP contribution is 2.13. The highest BCUT2D eigenvalue weighted by atomic mass is 32.1. The summed E-state index contributed by atoms with van der Waals surface area (Å²) in [4.78, 5) is 5.58. The van der Waals surface area contributed by atoms with E-state index >= 15 is 0 Å². The molecule has 1 aromatic carbocycles. The lowest BCUT2D eigenvalue weighted by Gasteiger charge is -2.14. The SMILES string of the molecule is Cc1ncc(CNC(C)Cc2ccccc2C)s1. The lowest BCUT2D eigenvalue weighted by atomic mass is 10.0. The standard InChI is InChI=1S/C15H20N2S/c1-11-6-4-5-7-14(11)8-12(2)16-9-15-10-17-13(3)18-15/h4-7,10,12,16H,8-9H2,1-3H3. The molecule has 1 heterocycles. The van der Waals surface area contributed by atoms with Crippen molar-refractivity contribution >= 4 is 11.3 Å². The lowest BCUT2D eigenvalue weighted by Crippen LogP contribution is -2.27. The molecule has 3 heteroatoms. The van der Waals surface area contributed by atoms with Gasteiger partial charge in [0.2, 0.25) is 0 Å². The van der Waals surface area contributed by atoms with Gasteiger partial charge >= 0.3 is 0 Å². The van der Waals surface area contributed by atoms with Crippen LogP contribution in [-0.2, 0) is 13.0 Å². The average molecular weight is 260 g/mol. The quantitative estimate of drug-likeness (QED) is 0.890. The van der Waals surface area contributed by atoms with Crippen LogP contribution in [-0.4, -0.2) is 11.0 Å². The summed E-state index contributed by atoms with van der Waals surface area (Å²) in [6.07, 6.45) is 3.04. The van der Waals surface area contributed by atoms with Crippen molar-refractivity contribution in [3.05, 3.63) is 51.5 Å². The van der Waals surface area contributed by atoms with Gasteiger partial charge in [-0.25, -0.2) is 4.98 Å². The molecule has 18 heavy (non-hydrogen) atoms. The van der Waals surface area contributed by atoms with E-state index in [9.17, 15) is 0 Å². The zero-order valence-electron chi connectivity index (χ0n) is 11.2. The average Bonchev–Trinajstić information content (AvgIpc) is 2.76. The van der Waals surface area contributed by atoms with Crippen LogP contribution in [0.25, 0.3) is 0 Å². The maximum absolute atomic E-state index is 4.27. The van der Waals surface area contributed by atoms with Gasteiger partial charge < -0.3 is 5.32 Å². The molecule has 0 fully saturated rings. The van der Waals surface area contributed by atoms with Gasteiger partial charge in [0.15, 0.2) is 0 Å². The molecule has 1 atom stereocenters. The third kappa shape index (κ3) is 3.65. The van der Waals surface area contributed by atoms with Crippen molar-refractivity contribution in [2.75, 3.05) is 0 Å². The zero-order chi connectivity index (χ0) is 13.0. The minimum absolute atomic E-state index is 0.480. The number of aryl methyl sites for hydroxylation is 2. The highest BCUT2D eigenvalue weighted by Gasteiger charge is 2.06. The fraction of sp³-hybridized carbons (Fsp3) is 0.400. The third-order valence-corrected chi connectivity index (χ3v) is 3.99. The Bertz CT molecular complexity index is 505. The summed E-state index contributed by atoms with van der Waals surface area (Å²) in [5, 5.41) is 4.70. The largest absolute Gasteiger partial charge is 0.309 e. The first-order valence-corrected chi connectivity index (χ1v) is 7.16. The second-order valence-electron chi connectivity index (χ2n) is 4.76. The predicted octanol–water partition coefficient (Wildman–Crippen LogP) is 3.48. The molecule has 0 aliphatic rings. The Kier molecular flexibility index (Phi) is 4.50. The molecule has 0 spiro atoms. The van der Waals surface area contributed by atoms with Crippen molar-refractivity contribution in [3.8, 4) is 0 Å². The predicted molar refractivity (Wildman–Crippen MR) is 78.0 cm³/mol. The summed E-state index contributed by atoms with van der Waals surface area (Å²) in [6, 6.07) is 9.07. The topological polar surface area (TPSA) is 24.9 Å². The Morgan fingerprint density at radius 2 is 2.06 bits per heavy atom. The van der Waals surface area contributed by atoms with Crippen LogP contribution in [0.15, 0.2) is 30.5 Å². The molecule has 0 saturated carbocycles. The van der Waals surface area contributed by atoms with Gasteiger partial charge in [-0.3, -0.25) is 0 Å². The first-order chi connectivity index (χ1) is 8.65. The molecule has 0 aliphatic carbocycles. The number of hydrogen-bond donors (Lipinski definition) is 1. The van der Waals surface area contributed by atoms with E-state index in [0.29, 0.717) is 6.04 Å². The van der Waals surface area contributed by atoms with E-state index in [2.05, 4.69) is 48.4 Å². The molecule has 0 aliphatic heterocycles. The monoisotopic (exact) mass is 260 g/mol. The second-order valence-corrected chi connectivity index (χ2v) is 6.08. The van der Waals surface area contributed by atoms with Crippen LogP contribution < -0.4 is 5.32 Å². The van der Waals surface area contributed by atoms with E-state index in [1.54, 1.807) is 11.3 Å². The zero-order valence-corrected chi connectivity index (χ0v) is 12.1. The summed E-state index contributed by atoms with van der Waals surface area (Å²) in [6.45, 7) is 7.37. The number of thiazole rings is 1. The van der Waals surface area contributed by atoms with E-state index in [4.69, 9.17) is 0 Å². The molecular formula is C15H20N2S. The number of nitrogens with zero attached hydrogens (tertiary/aromatic N) is 1. The Hall–Kier alpha value is -1.19. The summed E-state index contributed by atoms with van der Waals surface area (Å²) in [7, 11) is 0. The van der Waals surface area contributed by atoms with Crippen LogP contribution in [0.5, 0.6) is 0 Å². The first kappa shape index (κ1) is 13.2. The number of rotatable bonds is 5. The van der Waals surface area contributed by atoms with Gasteiger partial charge in [0.25, 0.3) is 0 Å². The van der Waals surface area contributed by atoms with E-state index in [-0.39, 0.29) is 0 Å². The lowest BCUT2D eigenvalue weighted by molar-refractivity contribution is 0.547. The van der Waals surface area contributed by atoms with Crippen LogP contribution in [0, 0.1) is 13.8 Å². The van der Waals surface area contributed by atoms with E-state index in [1.807, 2.05) is 13.1 Å². The summed E-state index contributed by atoms with van der Waals surface area (Å²) >= 11 is 1.77. The van der Waals surface area contributed by atoms with Crippen LogP contribution in [0.2, 0.25) is 0 Å². The first-order valence-electron chi connectivity index (χ1n) is 6.34. The summed E-state index contributed by atoms with van der Waals surface area (Å²) < 4.78 is 0. The number of benzene rings is 1. The molecular weight excluding hydrogens is 240 g/mol. The fourth-order valence-electron chi connectivity index (χ4n) is 2.00. The van der Waals surface area contributed by atoms with Gasteiger partial charge in [0, 0.05) is 23.7 Å². The van der Waals surface area contributed by atoms with Crippen LogP contribution in [0.4, 0.5) is 0 Å². The molecule has 2 nitrogen and oxygen atoms in total. The van der Waals surface area contributed by atoms with E-state index in [1.165, 1.54) is 16.0 Å². The highest BCUT2D eigenvalue weighted by molar-refractivity contribution is 7.11. The third-order valence-electron chi connectivity index (χ3n) is 3.08. The molecule has 1 aromatic heterocycles. The Balaban J connectivity index is 1.85. The maximum Gasteiger partial charge on any atom is 0.0897 e. The maximum atomic E-state index is 4.27. The molecule has 0 saturated heterocycles. The molecule has 2 aromatic rings. The molecule has 0 bridgehead atoms. The van der Waals surface area contributed by atoms with Crippen molar-refractivity contribution in [1.82, 2.24) is 10.3 Å². The molecule has 1 unspecified atom stereocenters. The van der Waals surface area contributed by atoms with Gasteiger partial charge in [-0.15, -0.1) is 11.3 Å². The molecule has 1 N–H and O–H groups in total. The molecule has 0 amide bonds. The fourth-order valence-corrected chi connectivity index (χ4v) is 2.75. The van der Waals surface area contributed by atoms with Gasteiger partial charge in [0.05, 0.1) is 5.01 Å². The summed E-state index contributed by atoms with van der Waals surface area (Å²) in [5.41, 5.74) is 2.80. The van der Waals surface area contributed by atoms with Gasteiger partial charge in [-0.1, -0.05) is 24.3 Å². The minimum Gasteiger partial charge on any atom is -0.309 e. The molecule has 0 radical (unpaired) electrons.